The maximum absolute atomic E-state index is 12.1. The number of unbranched alkanes of at least 4 members (excludes halogenated alkanes) is 1. The minimum atomic E-state index is 0.0579. The zero-order valence-corrected chi connectivity index (χ0v) is 10.3. The molecule has 0 aliphatic heterocycles. The Morgan fingerprint density at radius 2 is 2.19 bits per heavy atom. The summed E-state index contributed by atoms with van der Waals surface area (Å²) >= 11 is 0. The van der Waals surface area contributed by atoms with Gasteiger partial charge in [0.1, 0.15) is 0 Å². The Balaban J connectivity index is 2.39. The molecule has 3 nitrogen and oxygen atoms in total. The van der Waals surface area contributed by atoms with E-state index in [0.29, 0.717) is 0 Å². The van der Waals surface area contributed by atoms with Gasteiger partial charge in [-0.15, -0.1) is 6.58 Å². The molecule has 1 fully saturated rings. The summed E-state index contributed by atoms with van der Waals surface area (Å²) in [5.74, 6) is 0.291. The summed E-state index contributed by atoms with van der Waals surface area (Å²) in [7, 11) is 1.88. The fourth-order valence-corrected chi connectivity index (χ4v) is 2.33. The van der Waals surface area contributed by atoms with Gasteiger partial charge in [-0.25, -0.2) is 0 Å². The van der Waals surface area contributed by atoms with Crippen LogP contribution in [-0.2, 0) is 4.79 Å². The molecule has 0 aromatic heterocycles. The number of hydrogen-bond acceptors (Lipinski definition) is 2. The summed E-state index contributed by atoms with van der Waals surface area (Å²) < 4.78 is 0. The van der Waals surface area contributed by atoms with E-state index in [0.717, 1.165) is 38.6 Å². The zero-order chi connectivity index (χ0) is 12.0. The van der Waals surface area contributed by atoms with E-state index in [1.54, 1.807) is 0 Å². The molecule has 16 heavy (non-hydrogen) atoms. The molecular weight excluding hydrogens is 200 g/mol. The average Bonchev–Trinajstić information content (AvgIpc) is 2.29. The summed E-state index contributed by atoms with van der Waals surface area (Å²) in [6, 6.07) is 0.0723. The first-order chi connectivity index (χ1) is 7.66. The van der Waals surface area contributed by atoms with Crippen molar-refractivity contribution >= 4 is 5.91 Å². The first-order valence-corrected chi connectivity index (χ1v) is 6.28. The molecule has 1 saturated carbocycles. The van der Waals surface area contributed by atoms with Crippen LogP contribution in [0.3, 0.4) is 0 Å². The highest BCUT2D eigenvalue weighted by Gasteiger charge is 2.29. The molecule has 1 aliphatic carbocycles. The molecule has 0 heterocycles. The molecule has 1 aliphatic rings. The van der Waals surface area contributed by atoms with Crippen molar-refractivity contribution in [3.63, 3.8) is 0 Å². The van der Waals surface area contributed by atoms with Crippen LogP contribution in [0.4, 0.5) is 0 Å². The minimum Gasteiger partial charge on any atom is -0.345 e. The Hall–Kier alpha value is -0.830. The molecule has 0 radical (unpaired) electrons. The van der Waals surface area contributed by atoms with Crippen molar-refractivity contribution in [3.05, 3.63) is 12.7 Å². The number of hydrogen-bond donors (Lipinski definition) is 1. The Morgan fingerprint density at radius 1 is 1.50 bits per heavy atom. The van der Waals surface area contributed by atoms with E-state index >= 15 is 0 Å². The average molecular weight is 224 g/mol. The normalized spacial score (nSPS) is 25.1. The molecule has 1 amide bonds. The monoisotopic (exact) mass is 224 g/mol. The number of carbonyl (C=O) groups is 1. The lowest BCUT2D eigenvalue weighted by Crippen LogP contribution is -2.44. The molecule has 0 aromatic carbocycles. The van der Waals surface area contributed by atoms with Crippen molar-refractivity contribution in [2.75, 3.05) is 13.6 Å². The molecule has 92 valence electrons. The third-order valence-electron chi connectivity index (χ3n) is 3.41. The molecular formula is C13H24N2O. The van der Waals surface area contributed by atoms with Crippen LogP contribution < -0.4 is 5.73 Å². The fraction of sp³-hybridized carbons (Fsp3) is 0.769. The van der Waals surface area contributed by atoms with Gasteiger partial charge in [0.15, 0.2) is 0 Å². The number of nitrogens with two attached hydrogens (primary N) is 1. The highest BCUT2D eigenvalue weighted by atomic mass is 16.2. The van der Waals surface area contributed by atoms with Crippen LogP contribution in [0.15, 0.2) is 12.7 Å². The molecule has 0 bridgehead atoms. The summed E-state index contributed by atoms with van der Waals surface area (Å²) in [5, 5.41) is 0. The molecule has 3 heteroatoms. The van der Waals surface area contributed by atoms with Crippen molar-refractivity contribution in [1.82, 2.24) is 4.90 Å². The predicted octanol–water partition coefficient (Wildman–Crippen LogP) is 1.93. The lowest BCUT2D eigenvalue weighted by molar-refractivity contribution is -0.135. The summed E-state index contributed by atoms with van der Waals surface area (Å²) in [5.41, 5.74) is 6.01. The smallest absolute Gasteiger partial charge is 0.226 e. The second-order valence-corrected chi connectivity index (χ2v) is 4.75. The molecule has 2 atom stereocenters. The number of allylic oxidation sites excluding steroid dienone is 1. The van der Waals surface area contributed by atoms with Gasteiger partial charge >= 0.3 is 0 Å². The summed E-state index contributed by atoms with van der Waals surface area (Å²) in [6.45, 7) is 4.49. The van der Waals surface area contributed by atoms with Crippen LogP contribution in [0.25, 0.3) is 0 Å². The summed E-state index contributed by atoms with van der Waals surface area (Å²) in [4.78, 5) is 14.0. The van der Waals surface area contributed by atoms with E-state index < -0.39 is 0 Å². The maximum atomic E-state index is 12.1. The Labute approximate surface area is 98.7 Å². The van der Waals surface area contributed by atoms with Crippen LogP contribution in [-0.4, -0.2) is 30.4 Å². The van der Waals surface area contributed by atoms with E-state index in [1.165, 1.54) is 6.42 Å². The second kappa shape index (κ2) is 6.69. The number of nitrogens with zero attached hydrogens (tertiary/aromatic N) is 1. The molecule has 2 N–H and O–H groups in total. The van der Waals surface area contributed by atoms with Gasteiger partial charge in [-0.05, 0) is 25.7 Å². The van der Waals surface area contributed by atoms with Crippen molar-refractivity contribution in [2.24, 2.45) is 11.7 Å². The van der Waals surface area contributed by atoms with Gasteiger partial charge in [0.2, 0.25) is 5.91 Å². The van der Waals surface area contributed by atoms with E-state index in [2.05, 4.69) is 6.58 Å². The Kier molecular flexibility index (Phi) is 5.53. The van der Waals surface area contributed by atoms with Gasteiger partial charge in [-0.1, -0.05) is 18.9 Å². The first-order valence-electron chi connectivity index (χ1n) is 6.28. The van der Waals surface area contributed by atoms with E-state index in [9.17, 15) is 4.79 Å². The SMILES string of the molecule is C=CCCCN(C)C(=O)C1CCCCC1N. The number of rotatable bonds is 5. The molecule has 0 aromatic rings. The molecule has 0 spiro atoms. The lowest BCUT2D eigenvalue weighted by atomic mass is 9.84. The van der Waals surface area contributed by atoms with Crippen LogP contribution in [0.5, 0.6) is 0 Å². The second-order valence-electron chi connectivity index (χ2n) is 4.75. The zero-order valence-electron chi connectivity index (χ0n) is 10.3. The Bertz CT molecular complexity index is 240. The largest absolute Gasteiger partial charge is 0.345 e. The highest BCUT2D eigenvalue weighted by molar-refractivity contribution is 5.79. The first kappa shape index (κ1) is 13.2. The van der Waals surface area contributed by atoms with E-state index in [-0.39, 0.29) is 17.9 Å². The van der Waals surface area contributed by atoms with Crippen molar-refractivity contribution in [1.29, 1.82) is 0 Å². The van der Waals surface area contributed by atoms with Crippen molar-refractivity contribution < 1.29 is 4.79 Å². The standard InChI is InChI=1S/C13H24N2O/c1-3-4-7-10-15(2)13(16)11-8-5-6-9-12(11)14/h3,11-12H,1,4-10,14H2,2H3. The van der Waals surface area contributed by atoms with Crippen LogP contribution >= 0.6 is 0 Å². The Morgan fingerprint density at radius 3 is 2.81 bits per heavy atom. The van der Waals surface area contributed by atoms with Crippen molar-refractivity contribution in [2.45, 2.75) is 44.6 Å². The van der Waals surface area contributed by atoms with Gasteiger partial charge in [-0.2, -0.15) is 0 Å². The third kappa shape index (κ3) is 3.63. The van der Waals surface area contributed by atoms with Gasteiger partial charge in [0, 0.05) is 19.6 Å². The molecule has 2 unspecified atom stereocenters. The topological polar surface area (TPSA) is 46.3 Å². The molecule has 0 saturated heterocycles. The van der Waals surface area contributed by atoms with Crippen LogP contribution in [0.1, 0.15) is 38.5 Å². The fourth-order valence-electron chi connectivity index (χ4n) is 2.33. The van der Waals surface area contributed by atoms with Crippen molar-refractivity contribution in [3.8, 4) is 0 Å². The number of carbonyl (C=O) groups excluding carboxylic acids is 1. The van der Waals surface area contributed by atoms with E-state index in [4.69, 9.17) is 5.73 Å². The van der Waals surface area contributed by atoms with Gasteiger partial charge < -0.3 is 10.6 Å². The van der Waals surface area contributed by atoms with Gasteiger partial charge in [0.25, 0.3) is 0 Å². The summed E-state index contributed by atoms with van der Waals surface area (Å²) in [6.07, 6.45) is 8.13. The minimum absolute atomic E-state index is 0.0579. The predicted molar refractivity (Wildman–Crippen MR) is 67.0 cm³/mol. The third-order valence-corrected chi connectivity index (χ3v) is 3.41. The lowest BCUT2D eigenvalue weighted by Gasteiger charge is -2.31. The number of amides is 1. The maximum Gasteiger partial charge on any atom is 0.226 e. The molecule has 1 rings (SSSR count). The van der Waals surface area contributed by atoms with Gasteiger partial charge in [0.05, 0.1) is 5.92 Å². The highest BCUT2D eigenvalue weighted by Crippen LogP contribution is 2.24. The van der Waals surface area contributed by atoms with E-state index in [1.807, 2.05) is 18.0 Å². The van der Waals surface area contributed by atoms with Gasteiger partial charge in [-0.3, -0.25) is 4.79 Å². The van der Waals surface area contributed by atoms with Crippen LogP contribution in [0.2, 0.25) is 0 Å². The quantitative estimate of drug-likeness (QED) is 0.573. The van der Waals surface area contributed by atoms with Crippen LogP contribution in [0, 0.1) is 5.92 Å².